The summed E-state index contributed by atoms with van der Waals surface area (Å²) in [6.45, 7) is 2.20. The minimum atomic E-state index is 0.328. The maximum atomic E-state index is 5.93. The molecule has 0 spiro atoms. The van der Waals surface area contributed by atoms with Gasteiger partial charge < -0.3 is 5.32 Å². The summed E-state index contributed by atoms with van der Waals surface area (Å²) in [7, 11) is 0. The summed E-state index contributed by atoms with van der Waals surface area (Å²) < 4.78 is 0. The molecule has 2 atom stereocenters. The zero-order valence-electron chi connectivity index (χ0n) is 10.8. The first-order chi connectivity index (χ1) is 9.24. The zero-order valence-corrected chi connectivity index (χ0v) is 12.3. The van der Waals surface area contributed by atoms with Gasteiger partial charge in [0.25, 0.3) is 0 Å². The van der Waals surface area contributed by atoms with Gasteiger partial charge in [-0.2, -0.15) is 0 Å². The molecule has 0 bridgehead atoms. The van der Waals surface area contributed by atoms with Crippen molar-refractivity contribution in [3.63, 3.8) is 0 Å². The molecule has 1 unspecified atom stereocenters. The van der Waals surface area contributed by atoms with Gasteiger partial charge in [0.1, 0.15) is 0 Å². The third kappa shape index (κ3) is 2.81. The number of hydrogen-bond donors (Lipinski definition) is 1. The normalized spacial score (nSPS) is 19.2. The molecule has 0 radical (unpaired) electrons. The van der Waals surface area contributed by atoms with Crippen LogP contribution in [0.25, 0.3) is 0 Å². The molecule has 2 aromatic rings. The van der Waals surface area contributed by atoms with Crippen LogP contribution in [0.15, 0.2) is 53.4 Å². The Morgan fingerprint density at radius 3 is 2.68 bits per heavy atom. The molecule has 0 aliphatic carbocycles. The van der Waals surface area contributed by atoms with Crippen LogP contribution in [-0.4, -0.2) is 5.75 Å². The lowest BCUT2D eigenvalue weighted by Gasteiger charge is -2.20. The highest BCUT2D eigenvalue weighted by Gasteiger charge is 2.23. The van der Waals surface area contributed by atoms with Crippen LogP contribution in [0, 0.1) is 0 Å². The molecule has 0 saturated heterocycles. The van der Waals surface area contributed by atoms with Gasteiger partial charge in [0.15, 0.2) is 0 Å². The standard InChI is InChI=1S/C16H16ClNS/c1-11(12-6-8-13(17)9-7-12)18-15-10-19-16-5-3-2-4-14(15)16/h2-9,11,15,18H,10H2,1H3/t11-,15?/m0/s1. The molecular weight excluding hydrogens is 274 g/mol. The maximum absolute atomic E-state index is 5.93. The molecule has 19 heavy (non-hydrogen) atoms. The van der Waals surface area contributed by atoms with E-state index in [1.54, 1.807) is 0 Å². The van der Waals surface area contributed by atoms with Crippen LogP contribution >= 0.6 is 23.4 Å². The van der Waals surface area contributed by atoms with Crippen molar-refractivity contribution in [1.29, 1.82) is 0 Å². The average molecular weight is 290 g/mol. The molecule has 0 fully saturated rings. The van der Waals surface area contributed by atoms with Crippen molar-refractivity contribution in [2.75, 3.05) is 5.75 Å². The third-order valence-corrected chi connectivity index (χ3v) is 4.96. The summed E-state index contributed by atoms with van der Waals surface area (Å²) in [5.74, 6) is 1.11. The minimum absolute atomic E-state index is 0.328. The van der Waals surface area contributed by atoms with E-state index >= 15 is 0 Å². The van der Waals surface area contributed by atoms with Crippen molar-refractivity contribution in [2.24, 2.45) is 0 Å². The average Bonchev–Trinajstić information content (AvgIpc) is 2.83. The molecule has 0 saturated carbocycles. The fourth-order valence-corrected chi connectivity index (χ4v) is 3.75. The van der Waals surface area contributed by atoms with Gasteiger partial charge in [0.2, 0.25) is 0 Å². The highest BCUT2D eigenvalue weighted by molar-refractivity contribution is 7.99. The monoisotopic (exact) mass is 289 g/mol. The Morgan fingerprint density at radius 2 is 1.89 bits per heavy atom. The summed E-state index contributed by atoms with van der Waals surface area (Å²) in [5.41, 5.74) is 2.70. The largest absolute Gasteiger partial charge is 0.303 e. The second kappa shape index (κ2) is 5.58. The second-order valence-corrected chi connectivity index (χ2v) is 6.34. The van der Waals surface area contributed by atoms with Crippen LogP contribution in [0.3, 0.4) is 0 Å². The maximum Gasteiger partial charge on any atom is 0.0431 e. The summed E-state index contributed by atoms with van der Waals surface area (Å²) >= 11 is 7.86. The highest BCUT2D eigenvalue weighted by atomic mass is 35.5. The van der Waals surface area contributed by atoms with Crippen molar-refractivity contribution in [3.8, 4) is 0 Å². The van der Waals surface area contributed by atoms with Crippen LogP contribution < -0.4 is 5.32 Å². The molecule has 1 heterocycles. The Bertz CT molecular complexity index is 567. The van der Waals surface area contributed by atoms with Gasteiger partial charge in [-0.25, -0.2) is 0 Å². The molecule has 1 nitrogen and oxygen atoms in total. The SMILES string of the molecule is C[C@H](NC1CSc2ccccc21)c1ccc(Cl)cc1. The van der Waals surface area contributed by atoms with Crippen LogP contribution in [0.1, 0.15) is 30.1 Å². The zero-order chi connectivity index (χ0) is 13.2. The van der Waals surface area contributed by atoms with Crippen molar-refractivity contribution in [2.45, 2.75) is 23.9 Å². The number of rotatable bonds is 3. The minimum Gasteiger partial charge on any atom is -0.303 e. The first-order valence-electron chi connectivity index (χ1n) is 6.47. The van der Waals surface area contributed by atoms with Crippen LogP contribution in [0.4, 0.5) is 0 Å². The predicted molar refractivity (Wildman–Crippen MR) is 82.9 cm³/mol. The van der Waals surface area contributed by atoms with Crippen LogP contribution in [0.5, 0.6) is 0 Å². The predicted octanol–water partition coefficient (Wildman–Crippen LogP) is 4.84. The van der Waals surface area contributed by atoms with Gasteiger partial charge in [0, 0.05) is 27.8 Å². The fourth-order valence-electron chi connectivity index (χ4n) is 2.45. The van der Waals surface area contributed by atoms with E-state index in [1.807, 2.05) is 23.9 Å². The number of nitrogens with one attached hydrogen (secondary N) is 1. The number of thioether (sulfide) groups is 1. The Labute approximate surface area is 123 Å². The van der Waals surface area contributed by atoms with Crippen molar-refractivity contribution in [1.82, 2.24) is 5.32 Å². The van der Waals surface area contributed by atoms with Gasteiger partial charge >= 0.3 is 0 Å². The van der Waals surface area contributed by atoms with Gasteiger partial charge in [-0.1, -0.05) is 41.9 Å². The van der Waals surface area contributed by atoms with E-state index in [4.69, 9.17) is 11.6 Å². The fraction of sp³-hybridized carbons (Fsp3) is 0.250. The summed E-state index contributed by atoms with van der Waals surface area (Å²) in [5, 5.41) is 4.50. The Balaban J connectivity index is 1.74. The molecule has 98 valence electrons. The molecule has 2 aromatic carbocycles. The van der Waals surface area contributed by atoms with Crippen LogP contribution in [-0.2, 0) is 0 Å². The van der Waals surface area contributed by atoms with E-state index in [0.717, 1.165) is 10.8 Å². The molecule has 0 aromatic heterocycles. The summed E-state index contributed by atoms with van der Waals surface area (Å²) in [6, 6.07) is 17.5. The van der Waals surface area contributed by atoms with Gasteiger partial charge in [0.05, 0.1) is 0 Å². The Hall–Kier alpha value is -0.960. The van der Waals surface area contributed by atoms with Gasteiger partial charge in [-0.3, -0.25) is 0 Å². The molecule has 1 aliphatic heterocycles. The van der Waals surface area contributed by atoms with Crippen LogP contribution in [0.2, 0.25) is 5.02 Å². The third-order valence-electron chi connectivity index (χ3n) is 3.52. The Kier molecular flexibility index (Phi) is 3.83. The Morgan fingerprint density at radius 1 is 1.16 bits per heavy atom. The van der Waals surface area contributed by atoms with Crippen molar-refractivity contribution in [3.05, 3.63) is 64.7 Å². The number of fused-ring (bicyclic) bond motifs is 1. The highest BCUT2D eigenvalue weighted by Crippen LogP contribution is 2.38. The number of benzene rings is 2. The smallest absolute Gasteiger partial charge is 0.0431 e. The van der Waals surface area contributed by atoms with Gasteiger partial charge in [-0.05, 0) is 36.2 Å². The van der Waals surface area contributed by atoms with E-state index < -0.39 is 0 Å². The lowest BCUT2D eigenvalue weighted by Crippen LogP contribution is -2.24. The van der Waals surface area contributed by atoms with E-state index in [-0.39, 0.29) is 0 Å². The molecule has 0 amide bonds. The first kappa shape index (κ1) is 13.0. The topological polar surface area (TPSA) is 12.0 Å². The summed E-state index contributed by atoms with van der Waals surface area (Å²) in [6.07, 6.45) is 0. The second-order valence-electron chi connectivity index (χ2n) is 4.84. The first-order valence-corrected chi connectivity index (χ1v) is 7.83. The van der Waals surface area contributed by atoms with Crippen molar-refractivity contribution < 1.29 is 0 Å². The lowest BCUT2D eigenvalue weighted by atomic mass is 10.0. The van der Waals surface area contributed by atoms with E-state index in [1.165, 1.54) is 16.0 Å². The number of halogens is 1. The molecule has 1 N–H and O–H groups in total. The van der Waals surface area contributed by atoms with Crippen molar-refractivity contribution >= 4 is 23.4 Å². The van der Waals surface area contributed by atoms with E-state index in [2.05, 4.69) is 48.6 Å². The molecule has 3 heteroatoms. The van der Waals surface area contributed by atoms with E-state index in [9.17, 15) is 0 Å². The number of hydrogen-bond acceptors (Lipinski definition) is 2. The van der Waals surface area contributed by atoms with Gasteiger partial charge in [-0.15, -0.1) is 11.8 Å². The molecular formula is C16H16ClNS. The molecule has 1 aliphatic rings. The lowest BCUT2D eigenvalue weighted by molar-refractivity contribution is 0.501. The molecule has 3 rings (SSSR count). The van der Waals surface area contributed by atoms with E-state index in [0.29, 0.717) is 12.1 Å². The summed E-state index contributed by atoms with van der Waals surface area (Å²) in [4.78, 5) is 1.41. The quantitative estimate of drug-likeness (QED) is 0.868.